The van der Waals surface area contributed by atoms with Crippen LogP contribution in [0.3, 0.4) is 0 Å². The van der Waals surface area contributed by atoms with E-state index in [0.717, 1.165) is 68.6 Å². The van der Waals surface area contributed by atoms with Crippen LogP contribution in [0.2, 0.25) is 0 Å². The summed E-state index contributed by atoms with van der Waals surface area (Å²) in [5, 5.41) is 7.54. The van der Waals surface area contributed by atoms with Crippen LogP contribution < -0.4 is 15.0 Å². The normalized spacial score (nSPS) is 17.1. The van der Waals surface area contributed by atoms with Crippen molar-refractivity contribution in [1.29, 1.82) is 0 Å². The van der Waals surface area contributed by atoms with Crippen molar-refractivity contribution in [2.75, 3.05) is 49.6 Å². The van der Waals surface area contributed by atoms with Gasteiger partial charge in [0, 0.05) is 44.0 Å². The first-order valence-electron chi connectivity index (χ1n) is 11.5. The third-order valence-electron chi connectivity index (χ3n) is 6.00. The van der Waals surface area contributed by atoms with Gasteiger partial charge in [-0.15, -0.1) is 5.10 Å². The summed E-state index contributed by atoms with van der Waals surface area (Å²) in [6.45, 7) is 9.42. The summed E-state index contributed by atoms with van der Waals surface area (Å²) < 4.78 is 39.7. The highest BCUT2D eigenvalue weighted by Crippen LogP contribution is 2.36. The monoisotopic (exact) mass is 470 g/mol. The quantitative estimate of drug-likeness (QED) is 0.566. The topological polar surface area (TPSA) is 67.7 Å². The Morgan fingerprint density at radius 1 is 1.06 bits per heavy atom. The van der Waals surface area contributed by atoms with Crippen LogP contribution in [0.25, 0.3) is 5.69 Å². The highest BCUT2D eigenvalue weighted by molar-refractivity contribution is 5.69. The number of hydrogen-bond acceptors (Lipinski definition) is 7. The van der Waals surface area contributed by atoms with Crippen molar-refractivity contribution < 1.29 is 18.3 Å². The molecule has 2 fully saturated rings. The lowest BCUT2D eigenvalue weighted by molar-refractivity contribution is 0.0104. The predicted molar refractivity (Wildman–Crippen MR) is 125 cm³/mol. The van der Waals surface area contributed by atoms with Crippen molar-refractivity contribution in [3.8, 4) is 11.4 Å². The zero-order valence-corrected chi connectivity index (χ0v) is 19.2. The van der Waals surface area contributed by atoms with Gasteiger partial charge in [0.25, 0.3) is 0 Å². The van der Waals surface area contributed by atoms with Crippen LogP contribution in [-0.4, -0.2) is 71.2 Å². The summed E-state index contributed by atoms with van der Waals surface area (Å²) in [5.74, 6) is -0.651. The van der Waals surface area contributed by atoms with Crippen molar-refractivity contribution in [3.63, 3.8) is 0 Å². The van der Waals surface area contributed by atoms with Gasteiger partial charge in [-0.1, -0.05) is 0 Å². The fourth-order valence-corrected chi connectivity index (χ4v) is 4.22. The molecule has 2 aromatic carbocycles. The largest absolute Gasteiger partial charge is 0.489 e. The number of nitrogens with zero attached hydrogens (tertiary/aromatic N) is 5. The molecular weight excluding hydrogens is 442 g/mol. The Bertz CT molecular complexity index is 1140. The molecule has 0 atom stereocenters. The fraction of sp³-hybridized carbons (Fsp3) is 0.417. The first-order valence-corrected chi connectivity index (χ1v) is 11.5. The Hall–Kier alpha value is -3.24. The van der Waals surface area contributed by atoms with Gasteiger partial charge in [-0.3, -0.25) is 4.90 Å². The van der Waals surface area contributed by atoms with Gasteiger partial charge in [0.15, 0.2) is 11.6 Å². The van der Waals surface area contributed by atoms with E-state index in [0.29, 0.717) is 17.7 Å². The molecule has 8 nitrogen and oxygen atoms in total. The third-order valence-corrected chi connectivity index (χ3v) is 6.00. The molecule has 0 bridgehead atoms. The Morgan fingerprint density at radius 3 is 2.59 bits per heavy atom. The number of hydrogen-bond donors (Lipinski definition) is 1. The molecule has 3 heterocycles. The van der Waals surface area contributed by atoms with Gasteiger partial charge < -0.3 is 19.7 Å². The molecule has 180 valence electrons. The van der Waals surface area contributed by atoms with E-state index in [9.17, 15) is 8.78 Å². The summed E-state index contributed by atoms with van der Waals surface area (Å²) in [4.78, 5) is 9.06. The SMILES string of the molecule is CC(C)Oc1ccc(Nc2ncn(-c3ccc(F)c(F)c3)n2)cc1N1CC(N2CCOCC2)C1. The molecule has 2 saturated heterocycles. The summed E-state index contributed by atoms with van der Waals surface area (Å²) in [6.07, 6.45) is 1.51. The van der Waals surface area contributed by atoms with Crippen LogP contribution in [0.1, 0.15) is 13.8 Å². The van der Waals surface area contributed by atoms with Gasteiger partial charge in [0.05, 0.1) is 30.7 Å². The molecule has 0 saturated carbocycles. The standard InChI is InChI=1S/C24H28F2N6O2/c1-16(2)34-23-6-3-17(11-22(23)31-13-19(14-31)30-7-9-33-10-8-30)28-24-27-15-32(29-24)18-4-5-20(25)21(26)12-18/h3-6,11-12,15-16,19H,7-10,13-14H2,1-2H3,(H,28,29). The molecule has 0 aliphatic carbocycles. The second-order valence-electron chi connectivity index (χ2n) is 8.79. The number of nitrogens with one attached hydrogen (secondary N) is 1. The van der Waals surface area contributed by atoms with Gasteiger partial charge in [-0.05, 0) is 44.2 Å². The number of halogens is 2. The number of morpholine rings is 1. The van der Waals surface area contributed by atoms with Crippen molar-refractivity contribution in [2.24, 2.45) is 0 Å². The number of rotatable bonds is 7. The zero-order valence-electron chi connectivity index (χ0n) is 19.2. The molecule has 2 aliphatic heterocycles. The number of anilines is 3. The summed E-state index contributed by atoms with van der Waals surface area (Å²) >= 11 is 0. The van der Waals surface area contributed by atoms with E-state index in [1.807, 2.05) is 32.0 Å². The molecule has 2 aliphatic rings. The highest BCUT2D eigenvalue weighted by atomic mass is 19.2. The third kappa shape index (κ3) is 4.83. The lowest BCUT2D eigenvalue weighted by Gasteiger charge is -2.48. The average molecular weight is 471 g/mol. The molecule has 0 amide bonds. The minimum Gasteiger partial charge on any atom is -0.489 e. The summed E-state index contributed by atoms with van der Waals surface area (Å²) in [7, 11) is 0. The zero-order chi connectivity index (χ0) is 23.7. The van der Waals surface area contributed by atoms with Crippen LogP contribution in [0.15, 0.2) is 42.7 Å². The van der Waals surface area contributed by atoms with Crippen LogP contribution in [0.4, 0.5) is 26.1 Å². The van der Waals surface area contributed by atoms with Crippen LogP contribution in [0.5, 0.6) is 5.75 Å². The maximum atomic E-state index is 13.6. The van der Waals surface area contributed by atoms with Crippen molar-refractivity contribution in [1.82, 2.24) is 19.7 Å². The minimum atomic E-state index is -0.933. The predicted octanol–water partition coefficient (Wildman–Crippen LogP) is 3.60. The summed E-state index contributed by atoms with van der Waals surface area (Å²) in [5.41, 5.74) is 2.21. The molecule has 0 unspecified atom stereocenters. The number of ether oxygens (including phenoxy) is 2. The molecule has 3 aromatic rings. The first kappa shape index (κ1) is 22.5. The molecule has 5 rings (SSSR count). The Morgan fingerprint density at radius 2 is 1.85 bits per heavy atom. The van der Waals surface area contributed by atoms with Gasteiger partial charge >= 0.3 is 0 Å². The van der Waals surface area contributed by atoms with Crippen molar-refractivity contribution in [3.05, 3.63) is 54.4 Å². The molecule has 0 spiro atoms. The Balaban J connectivity index is 1.32. The second-order valence-corrected chi connectivity index (χ2v) is 8.79. The number of benzene rings is 2. The minimum absolute atomic E-state index is 0.0577. The lowest BCUT2D eigenvalue weighted by Crippen LogP contribution is -2.61. The number of aromatic nitrogens is 3. The molecule has 10 heteroatoms. The van der Waals surface area contributed by atoms with E-state index in [4.69, 9.17) is 9.47 Å². The van der Waals surface area contributed by atoms with E-state index in [1.54, 1.807) is 0 Å². The van der Waals surface area contributed by atoms with Crippen LogP contribution >= 0.6 is 0 Å². The second kappa shape index (κ2) is 9.55. The summed E-state index contributed by atoms with van der Waals surface area (Å²) in [6, 6.07) is 10.0. The molecule has 0 radical (unpaired) electrons. The van der Waals surface area contributed by atoms with Crippen LogP contribution in [-0.2, 0) is 4.74 Å². The first-order chi connectivity index (χ1) is 16.5. The maximum absolute atomic E-state index is 13.6. The molecule has 34 heavy (non-hydrogen) atoms. The smallest absolute Gasteiger partial charge is 0.246 e. The van der Waals surface area contributed by atoms with Crippen molar-refractivity contribution in [2.45, 2.75) is 26.0 Å². The van der Waals surface area contributed by atoms with E-state index < -0.39 is 11.6 Å². The van der Waals surface area contributed by atoms with E-state index in [1.165, 1.54) is 17.1 Å². The van der Waals surface area contributed by atoms with Crippen molar-refractivity contribution >= 4 is 17.3 Å². The maximum Gasteiger partial charge on any atom is 0.246 e. The molecule has 1 N–H and O–H groups in total. The average Bonchev–Trinajstić information content (AvgIpc) is 3.25. The molecular formula is C24H28F2N6O2. The van der Waals surface area contributed by atoms with Gasteiger partial charge in [-0.25, -0.2) is 13.5 Å². The fourth-order valence-electron chi connectivity index (χ4n) is 4.22. The van der Waals surface area contributed by atoms with Crippen LogP contribution in [0, 0.1) is 11.6 Å². The van der Waals surface area contributed by atoms with E-state index >= 15 is 0 Å². The lowest BCUT2D eigenvalue weighted by atomic mass is 10.0. The highest BCUT2D eigenvalue weighted by Gasteiger charge is 2.34. The van der Waals surface area contributed by atoms with E-state index in [-0.39, 0.29) is 6.10 Å². The Labute approximate surface area is 197 Å². The van der Waals surface area contributed by atoms with Gasteiger partial charge in [0.2, 0.25) is 5.95 Å². The van der Waals surface area contributed by atoms with E-state index in [2.05, 4.69) is 25.2 Å². The molecule has 1 aromatic heterocycles. The van der Waals surface area contributed by atoms with Gasteiger partial charge in [0.1, 0.15) is 12.1 Å². The van der Waals surface area contributed by atoms with Gasteiger partial charge in [-0.2, -0.15) is 4.98 Å². The Kier molecular flexibility index (Phi) is 6.34.